The highest BCUT2D eigenvalue weighted by atomic mass is 32.1. The van der Waals surface area contributed by atoms with E-state index in [1.807, 2.05) is 0 Å². The Bertz CT molecular complexity index is 4070. The van der Waals surface area contributed by atoms with Crippen LogP contribution in [0.1, 0.15) is 0 Å². The Hall–Kier alpha value is -8.69. The van der Waals surface area contributed by atoms with E-state index < -0.39 is 0 Å². The fourth-order valence-corrected chi connectivity index (χ4v) is 14.2. The Balaban J connectivity index is 1.01. The van der Waals surface area contributed by atoms with E-state index >= 15 is 0 Å². The summed E-state index contributed by atoms with van der Waals surface area (Å²) in [6.45, 7) is 1.70. The first-order valence-electron chi connectivity index (χ1n) is 24.6. The van der Waals surface area contributed by atoms with Crippen molar-refractivity contribution in [1.82, 2.24) is 0 Å². The van der Waals surface area contributed by atoms with Crippen LogP contribution < -0.4 is 46.3 Å². The maximum atomic E-state index is 7.50. The number of rotatable bonds is 6. The summed E-state index contributed by atoms with van der Waals surface area (Å²) in [5, 5.41) is 0.810. The van der Waals surface area contributed by atoms with Gasteiger partial charge in [-0.2, -0.15) is 0 Å². The summed E-state index contributed by atoms with van der Waals surface area (Å²) in [6.07, 6.45) is 0. The van der Waals surface area contributed by atoms with Crippen LogP contribution in [0.2, 0.25) is 6.82 Å². The summed E-state index contributed by atoms with van der Waals surface area (Å²) in [5.41, 5.74) is 16.2. The molecule has 0 saturated carbocycles. The van der Waals surface area contributed by atoms with Gasteiger partial charge in [-0.25, -0.2) is 0 Å². The van der Waals surface area contributed by atoms with Crippen LogP contribution in [0, 0.1) is 0 Å². The fraction of sp³-hybridized carbons (Fsp3) is 0.0159. The number of furan rings is 2. The zero-order valence-electron chi connectivity index (χ0n) is 39.4. The number of para-hydroxylation sites is 2. The van der Waals surface area contributed by atoms with Gasteiger partial charge in [0.1, 0.15) is 28.7 Å². The molecule has 6 nitrogen and oxygen atoms in total. The average Bonchev–Trinajstić information content (AvgIpc) is 4.23. The molecule has 0 N–H and O–H groups in total. The summed E-state index contributed by atoms with van der Waals surface area (Å²) < 4.78 is 32.7. The van der Waals surface area contributed by atoms with E-state index in [0.717, 1.165) is 138 Å². The van der Waals surface area contributed by atoms with Gasteiger partial charge in [0.2, 0.25) is 0 Å². The number of anilines is 6. The topological polar surface area (TPSA) is 51.2 Å². The molecule has 0 radical (unpaired) electrons. The molecule has 0 amide bonds. The molecule has 4 aromatic heterocycles. The van der Waals surface area contributed by atoms with Crippen molar-refractivity contribution in [3.63, 3.8) is 0 Å². The summed E-state index contributed by atoms with van der Waals surface area (Å²) in [6, 6.07) is 78.5. The second kappa shape index (κ2) is 16.7. The molecule has 0 aliphatic carbocycles. The molecule has 10 heteroatoms. The predicted molar refractivity (Wildman–Crippen MR) is 304 cm³/mol. The van der Waals surface area contributed by atoms with E-state index in [1.165, 1.54) is 0 Å². The minimum Gasteiger partial charge on any atom is -0.468 e. The minimum atomic E-state index is -0.291. The highest BCUT2D eigenvalue weighted by Crippen LogP contribution is 2.53. The summed E-state index contributed by atoms with van der Waals surface area (Å²) in [4.78, 5) is 4.73. The molecule has 0 spiro atoms. The first-order valence-corrected chi connectivity index (χ1v) is 26.2. The van der Waals surface area contributed by atoms with Gasteiger partial charge in [0.05, 0.1) is 32.9 Å². The van der Waals surface area contributed by atoms with Crippen molar-refractivity contribution in [2.45, 2.75) is 6.82 Å². The quantitative estimate of drug-likeness (QED) is 0.155. The second-order valence-corrected chi connectivity index (χ2v) is 20.7. The molecule has 344 valence electrons. The standard InChI is InChI=1S/C63H40B2N2O4S2/c1-64-52-58-59(73-63(52)68-46-35-20-34-45(38-46)66(43-30-16-6-17-31-43)53-49(39-22-8-2-9-23-39)55(70-60(53)64)41-26-12-4-13-27-41)57-62(72-58)65-51-47(36-21-37-48(51)69-57)67(44-32-18-7-19-33-44)54-50(40-24-10-3-11-25-40)56(71-61(54)65)42-28-14-5-15-29-42/h2-38H,1H3. The monoisotopic (exact) mass is 974 g/mol. The van der Waals surface area contributed by atoms with Gasteiger partial charge in [0.15, 0.2) is 10.8 Å². The van der Waals surface area contributed by atoms with Gasteiger partial charge in [0.25, 0.3) is 6.71 Å². The molecule has 12 aromatic rings. The highest BCUT2D eigenvalue weighted by molar-refractivity contribution is 7.39. The maximum absolute atomic E-state index is 7.50. The van der Waals surface area contributed by atoms with Crippen LogP contribution in [-0.2, 0) is 0 Å². The van der Waals surface area contributed by atoms with Gasteiger partial charge in [-0.15, -0.1) is 11.3 Å². The van der Waals surface area contributed by atoms with Crippen molar-refractivity contribution >= 4 is 107 Å². The van der Waals surface area contributed by atoms with E-state index in [0.29, 0.717) is 0 Å². The molecule has 73 heavy (non-hydrogen) atoms. The molecule has 0 unspecified atom stereocenters. The zero-order chi connectivity index (χ0) is 48.1. The average molecular weight is 975 g/mol. The van der Waals surface area contributed by atoms with Crippen molar-refractivity contribution < 1.29 is 18.3 Å². The molecular weight excluding hydrogens is 934 g/mol. The van der Waals surface area contributed by atoms with Crippen molar-refractivity contribution in [2.75, 3.05) is 9.80 Å². The number of benzene rings is 8. The Labute approximate surface area is 430 Å². The van der Waals surface area contributed by atoms with Crippen LogP contribution in [0.5, 0.6) is 22.3 Å². The first kappa shape index (κ1) is 42.0. The SMILES string of the molecule is CB1c2oc(-c3ccccc3)c(-c3ccccc3)c2N(c2ccccc2)c2cccc(c2)Oc2sc3c4c(sc3c21)B1c2oc(-c3ccccc3)c(-c3ccccc3)c2N(c2ccccc2)c2cccc(c21)O4. The second-order valence-electron chi connectivity index (χ2n) is 18.6. The Kier molecular flexibility index (Phi) is 9.62. The molecule has 8 aromatic carbocycles. The third-order valence-electron chi connectivity index (χ3n) is 14.4. The van der Waals surface area contributed by atoms with E-state index in [-0.39, 0.29) is 13.4 Å². The van der Waals surface area contributed by atoms with Crippen molar-refractivity contribution in [3.05, 3.63) is 224 Å². The lowest BCUT2D eigenvalue weighted by Gasteiger charge is -2.37. The molecule has 2 bridgehead atoms. The summed E-state index contributed by atoms with van der Waals surface area (Å²) >= 11 is 3.43. The van der Waals surface area contributed by atoms with E-state index in [2.05, 4.69) is 241 Å². The van der Waals surface area contributed by atoms with Gasteiger partial charge >= 0.3 is 6.71 Å². The van der Waals surface area contributed by atoms with Crippen molar-refractivity contribution in [1.29, 1.82) is 0 Å². The number of thiophene rings is 2. The van der Waals surface area contributed by atoms with Gasteiger partial charge in [-0.3, -0.25) is 0 Å². The molecule has 7 heterocycles. The van der Waals surface area contributed by atoms with E-state index in [4.69, 9.17) is 18.3 Å². The molecule has 0 saturated heterocycles. The van der Waals surface area contributed by atoms with Gasteiger partial charge in [-0.1, -0.05) is 188 Å². The fourth-order valence-electron chi connectivity index (χ4n) is 11.3. The number of hydrogen-bond acceptors (Lipinski definition) is 8. The van der Waals surface area contributed by atoms with E-state index in [9.17, 15) is 0 Å². The molecule has 3 aliphatic rings. The van der Waals surface area contributed by atoms with Crippen LogP contribution in [0.25, 0.3) is 54.3 Å². The summed E-state index contributed by atoms with van der Waals surface area (Å²) in [7, 11) is 0. The molecular formula is C63H40B2N2O4S2. The first-order chi connectivity index (χ1) is 36.2. The number of nitrogens with zero attached hydrogens (tertiary/aromatic N) is 2. The largest absolute Gasteiger partial charge is 0.468 e. The zero-order valence-corrected chi connectivity index (χ0v) is 41.0. The number of ether oxygens (including phenoxy) is 2. The Morgan fingerprint density at radius 2 is 0.932 bits per heavy atom. The number of fused-ring (bicyclic) bond motifs is 11. The Morgan fingerprint density at radius 3 is 1.53 bits per heavy atom. The summed E-state index contributed by atoms with van der Waals surface area (Å²) in [5.74, 6) is 4.03. The lowest BCUT2D eigenvalue weighted by Crippen LogP contribution is -2.58. The van der Waals surface area contributed by atoms with Crippen LogP contribution >= 0.6 is 22.7 Å². The van der Waals surface area contributed by atoms with Crippen LogP contribution in [-0.4, -0.2) is 13.4 Å². The smallest absolute Gasteiger partial charge is 0.313 e. The molecule has 0 fully saturated rings. The molecule has 0 atom stereocenters. The van der Waals surface area contributed by atoms with Gasteiger partial charge < -0.3 is 28.1 Å². The van der Waals surface area contributed by atoms with Crippen LogP contribution in [0.4, 0.5) is 34.1 Å². The van der Waals surface area contributed by atoms with Crippen molar-refractivity contribution in [2.24, 2.45) is 0 Å². The molecule has 3 aliphatic heterocycles. The third kappa shape index (κ3) is 6.50. The predicted octanol–water partition coefficient (Wildman–Crippen LogP) is 15.0. The van der Waals surface area contributed by atoms with E-state index in [1.54, 1.807) is 22.7 Å². The van der Waals surface area contributed by atoms with Crippen LogP contribution in [0.3, 0.4) is 0 Å². The van der Waals surface area contributed by atoms with Gasteiger partial charge in [0, 0.05) is 60.3 Å². The highest BCUT2D eigenvalue weighted by Gasteiger charge is 2.49. The minimum absolute atomic E-state index is 0.278. The molecule has 15 rings (SSSR count). The third-order valence-corrected chi connectivity index (χ3v) is 16.9. The van der Waals surface area contributed by atoms with Crippen LogP contribution in [0.15, 0.2) is 233 Å². The normalized spacial score (nSPS) is 13.1. The number of hydrogen-bond donors (Lipinski definition) is 0. The Morgan fingerprint density at radius 1 is 0.425 bits per heavy atom. The lowest BCUT2D eigenvalue weighted by atomic mass is 9.39. The lowest BCUT2D eigenvalue weighted by molar-refractivity contribution is 0.494. The van der Waals surface area contributed by atoms with Gasteiger partial charge in [-0.05, 0) is 59.7 Å². The maximum Gasteiger partial charge on any atom is 0.313 e. The van der Waals surface area contributed by atoms with Crippen molar-refractivity contribution in [3.8, 4) is 67.2 Å².